The number of aliphatic hydroxyl groups is 1. The third-order valence-corrected chi connectivity index (χ3v) is 1.56. The van der Waals surface area contributed by atoms with Gasteiger partial charge >= 0.3 is 0 Å². The van der Waals surface area contributed by atoms with E-state index in [1.807, 2.05) is 0 Å². The minimum Gasteiger partial charge on any atom is -0.375 e. The topological polar surface area (TPSA) is 49.7 Å². The Morgan fingerprint density at radius 2 is 2.21 bits per heavy atom. The smallest absolute Gasteiger partial charge is 0.168 e. The van der Waals surface area contributed by atoms with Crippen LogP contribution in [0.3, 0.4) is 0 Å². The van der Waals surface area contributed by atoms with E-state index in [0.29, 0.717) is 0 Å². The summed E-state index contributed by atoms with van der Waals surface area (Å²) in [5, 5.41) is 8.43. The van der Waals surface area contributed by atoms with E-state index >= 15 is 0 Å². The summed E-state index contributed by atoms with van der Waals surface area (Å²) in [6.07, 6.45) is 0.258. The van der Waals surface area contributed by atoms with Crippen molar-refractivity contribution >= 4 is 12.0 Å². The summed E-state index contributed by atoms with van der Waals surface area (Å²) in [5.74, 6) is -1.43. The Morgan fingerprint density at radius 3 is 2.79 bits per heavy atom. The molecule has 14 heavy (non-hydrogen) atoms. The van der Waals surface area contributed by atoms with Gasteiger partial charge in [0.25, 0.3) is 0 Å². The van der Waals surface area contributed by atoms with Crippen LogP contribution in [0.25, 0.3) is 0 Å². The molecule has 1 aromatic carbocycles. The number of benzene rings is 1. The van der Waals surface area contributed by atoms with Crippen LogP contribution in [0.15, 0.2) is 23.2 Å². The van der Waals surface area contributed by atoms with Gasteiger partial charge in [-0.05, 0) is 18.2 Å². The average molecular weight is 199 g/mol. The first kappa shape index (κ1) is 10.5. The Kier molecular flexibility index (Phi) is 3.41. The molecule has 0 heterocycles. The van der Waals surface area contributed by atoms with Gasteiger partial charge in [0.05, 0.1) is 0 Å². The number of halogens is 2. The maximum atomic E-state index is 13.0. The SMILES string of the molecule is O=C/C(=N\CO)c1cc(F)ccc1F. The van der Waals surface area contributed by atoms with Crippen molar-refractivity contribution in [3.63, 3.8) is 0 Å². The van der Waals surface area contributed by atoms with Crippen molar-refractivity contribution in [2.75, 3.05) is 6.73 Å². The molecule has 1 rings (SSSR count). The number of carbonyl (C=O) groups is 1. The van der Waals surface area contributed by atoms with Crippen molar-refractivity contribution in [3.05, 3.63) is 35.4 Å². The number of aliphatic hydroxyl groups excluding tert-OH is 1. The average Bonchev–Trinajstić information content (AvgIpc) is 2.18. The molecule has 0 radical (unpaired) electrons. The molecule has 0 saturated heterocycles. The van der Waals surface area contributed by atoms with Crippen LogP contribution in [-0.2, 0) is 4.79 Å². The van der Waals surface area contributed by atoms with Gasteiger partial charge in [0.1, 0.15) is 24.1 Å². The molecule has 0 spiro atoms. The second kappa shape index (κ2) is 4.57. The Bertz CT molecular complexity index is 377. The van der Waals surface area contributed by atoms with Crippen LogP contribution >= 0.6 is 0 Å². The van der Waals surface area contributed by atoms with Crippen molar-refractivity contribution in [2.45, 2.75) is 0 Å². The van der Waals surface area contributed by atoms with Crippen LogP contribution in [0.4, 0.5) is 8.78 Å². The van der Waals surface area contributed by atoms with E-state index in [1.54, 1.807) is 0 Å². The van der Waals surface area contributed by atoms with Crippen LogP contribution in [0.5, 0.6) is 0 Å². The number of hydrogen-bond donors (Lipinski definition) is 1. The van der Waals surface area contributed by atoms with Crippen molar-refractivity contribution in [1.82, 2.24) is 0 Å². The summed E-state index contributed by atoms with van der Waals surface area (Å²) in [4.78, 5) is 13.7. The molecule has 0 atom stereocenters. The molecule has 74 valence electrons. The van der Waals surface area contributed by atoms with Crippen molar-refractivity contribution in [1.29, 1.82) is 0 Å². The number of nitrogens with zero attached hydrogens (tertiary/aromatic N) is 1. The molecule has 0 fully saturated rings. The van der Waals surface area contributed by atoms with Crippen LogP contribution in [0, 0.1) is 11.6 Å². The third kappa shape index (κ3) is 2.20. The summed E-state index contributed by atoms with van der Waals surface area (Å²) < 4.78 is 25.7. The summed E-state index contributed by atoms with van der Waals surface area (Å²) >= 11 is 0. The van der Waals surface area contributed by atoms with Gasteiger partial charge in [-0.25, -0.2) is 8.78 Å². The minimum atomic E-state index is -0.759. The van der Waals surface area contributed by atoms with E-state index in [0.717, 1.165) is 18.2 Å². The largest absolute Gasteiger partial charge is 0.375 e. The lowest BCUT2D eigenvalue weighted by atomic mass is 10.1. The molecular weight excluding hydrogens is 192 g/mol. The second-order valence-corrected chi connectivity index (χ2v) is 2.43. The van der Waals surface area contributed by atoms with Gasteiger partial charge in [0.2, 0.25) is 0 Å². The highest BCUT2D eigenvalue weighted by Gasteiger charge is 2.09. The van der Waals surface area contributed by atoms with E-state index in [9.17, 15) is 13.6 Å². The molecule has 0 aliphatic heterocycles. The highest BCUT2D eigenvalue weighted by atomic mass is 19.1. The Labute approximate surface area is 78.7 Å². The zero-order valence-corrected chi connectivity index (χ0v) is 7.08. The first-order valence-electron chi connectivity index (χ1n) is 3.75. The minimum absolute atomic E-state index is 0.256. The van der Waals surface area contributed by atoms with E-state index in [4.69, 9.17) is 5.11 Å². The summed E-state index contributed by atoms with van der Waals surface area (Å²) in [6.45, 7) is -0.649. The van der Waals surface area contributed by atoms with Gasteiger partial charge in [-0.3, -0.25) is 9.79 Å². The van der Waals surface area contributed by atoms with E-state index in [1.165, 1.54) is 0 Å². The summed E-state index contributed by atoms with van der Waals surface area (Å²) in [6, 6.07) is 2.67. The lowest BCUT2D eigenvalue weighted by Crippen LogP contribution is -2.07. The predicted molar refractivity (Wildman–Crippen MR) is 46.0 cm³/mol. The van der Waals surface area contributed by atoms with Crippen molar-refractivity contribution < 1.29 is 18.7 Å². The van der Waals surface area contributed by atoms with Crippen molar-refractivity contribution in [3.8, 4) is 0 Å². The fourth-order valence-electron chi connectivity index (χ4n) is 0.956. The van der Waals surface area contributed by atoms with Crippen LogP contribution in [-0.4, -0.2) is 23.8 Å². The molecule has 0 amide bonds. The van der Waals surface area contributed by atoms with E-state index in [-0.39, 0.29) is 17.6 Å². The molecule has 0 aromatic heterocycles. The quantitative estimate of drug-likeness (QED) is 0.580. The van der Waals surface area contributed by atoms with Crippen LogP contribution in [0.2, 0.25) is 0 Å². The van der Waals surface area contributed by atoms with Crippen molar-refractivity contribution in [2.24, 2.45) is 4.99 Å². The predicted octanol–water partition coefficient (Wildman–Crippen LogP) is 0.903. The molecule has 3 nitrogen and oxygen atoms in total. The molecule has 5 heteroatoms. The highest BCUT2D eigenvalue weighted by molar-refractivity contribution is 6.36. The van der Waals surface area contributed by atoms with Gasteiger partial charge in [0.15, 0.2) is 6.29 Å². The lowest BCUT2D eigenvalue weighted by Gasteiger charge is -2.00. The number of aldehydes is 1. The molecule has 1 aromatic rings. The van der Waals surface area contributed by atoms with Gasteiger partial charge in [-0.15, -0.1) is 0 Å². The molecule has 0 unspecified atom stereocenters. The Hall–Kier alpha value is -1.62. The van der Waals surface area contributed by atoms with Gasteiger partial charge < -0.3 is 5.11 Å². The maximum Gasteiger partial charge on any atom is 0.168 e. The Morgan fingerprint density at radius 1 is 1.50 bits per heavy atom. The standard InChI is InChI=1S/C9H7F2NO2/c10-6-1-2-8(11)7(3-6)9(4-13)12-5-14/h1-4,14H,5H2/b12-9+. The first-order valence-corrected chi connectivity index (χ1v) is 3.75. The van der Waals surface area contributed by atoms with E-state index in [2.05, 4.69) is 4.99 Å². The number of carbonyl (C=O) groups excluding carboxylic acids is 1. The van der Waals surface area contributed by atoms with Gasteiger partial charge in [-0.1, -0.05) is 0 Å². The van der Waals surface area contributed by atoms with Gasteiger partial charge in [-0.2, -0.15) is 0 Å². The van der Waals surface area contributed by atoms with E-state index < -0.39 is 18.4 Å². The zero-order chi connectivity index (χ0) is 10.6. The number of hydrogen-bond acceptors (Lipinski definition) is 3. The monoisotopic (exact) mass is 199 g/mol. The third-order valence-electron chi connectivity index (χ3n) is 1.56. The normalized spacial score (nSPS) is 11.5. The zero-order valence-electron chi connectivity index (χ0n) is 7.08. The molecule has 0 aliphatic rings. The molecule has 0 aliphatic carbocycles. The highest BCUT2D eigenvalue weighted by Crippen LogP contribution is 2.10. The summed E-state index contributed by atoms with van der Waals surface area (Å²) in [5.41, 5.74) is -0.571. The number of rotatable bonds is 3. The second-order valence-electron chi connectivity index (χ2n) is 2.43. The van der Waals surface area contributed by atoms with Crippen LogP contribution < -0.4 is 0 Å². The lowest BCUT2D eigenvalue weighted by molar-refractivity contribution is -0.102. The first-order chi connectivity index (χ1) is 6.69. The Balaban J connectivity index is 3.22. The van der Waals surface area contributed by atoms with Gasteiger partial charge in [0, 0.05) is 5.56 Å². The van der Waals surface area contributed by atoms with Crippen LogP contribution in [0.1, 0.15) is 5.56 Å². The summed E-state index contributed by atoms with van der Waals surface area (Å²) in [7, 11) is 0. The fraction of sp³-hybridized carbons (Fsp3) is 0.111. The molecule has 1 N–H and O–H groups in total. The molecule has 0 bridgehead atoms. The number of aliphatic imine (C=N–C) groups is 1. The maximum absolute atomic E-state index is 13.0. The fourth-order valence-corrected chi connectivity index (χ4v) is 0.956. The molecule has 0 saturated carbocycles. The molecular formula is C9H7F2NO2.